The van der Waals surface area contributed by atoms with Crippen molar-refractivity contribution in [2.45, 2.75) is 44.6 Å². The van der Waals surface area contributed by atoms with E-state index in [9.17, 15) is 14.7 Å². The lowest BCUT2D eigenvalue weighted by molar-refractivity contribution is 0.0696. The van der Waals surface area contributed by atoms with Crippen molar-refractivity contribution in [2.24, 2.45) is 5.10 Å². The number of carbonyl (C=O) groups is 1. The molecule has 0 saturated heterocycles. The van der Waals surface area contributed by atoms with Crippen LogP contribution < -0.4 is 10.3 Å². The average molecular weight is 595 g/mol. The maximum Gasteiger partial charge on any atom is 0.335 e. The predicted octanol–water partition coefficient (Wildman–Crippen LogP) is 7.02. The zero-order valence-corrected chi connectivity index (χ0v) is 22.8. The van der Waals surface area contributed by atoms with Crippen molar-refractivity contribution in [3.8, 4) is 5.75 Å². The minimum absolute atomic E-state index is 0.132. The molecule has 1 aliphatic rings. The number of carboxylic acids is 1. The van der Waals surface area contributed by atoms with Gasteiger partial charge in [0.15, 0.2) is 0 Å². The Morgan fingerprint density at radius 2 is 1.92 bits per heavy atom. The molecule has 194 valence electrons. The highest BCUT2D eigenvalue weighted by Gasteiger charge is 2.22. The highest BCUT2D eigenvalue weighted by molar-refractivity contribution is 9.10. The van der Waals surface area contributed by atoms with Gasteiger partial charge < -0.3 is 9.84 Å². The lowest BCUT2D eigenvalue weighted by Crippen LogP contribution is -2.25. The van der Waals surface area contributed by atoms with Gasteiger partial charge in [-0.05, 0) is 70.7 Å². The van der Waals surface area contributed by atoms with Crippen LogP contribution in [0.2, 0.25) is 5.02 Å². The van der Waals surface area contributed by atoms with Gasteiger partial charge in [0.25, 0.3) is 5.56 Å². The molecule has 4 aromatic rings. The van der Waals surface area contributed by atoms with Crippen molar-refractivity contribution >= 4 is 50.6 Å². The molecular weight excluding hydrogens is 570 g/mol. The van der Waals surface area contributed by atoms with Crippen LogP contribution in [-0.4, -0.2) is 27.0 Å². The maximum absolute atomic E-state index is 13.5. The van der Waals surface area contributed by atoms with Gasteiger partial charge in [0, 0.05) is 16.5 Å². The lowest BCUT2D eigenvalue weighted by Gasteiger charge is -2.22. The summed E-state index contributed by atoms with van der Waals surface area (Å²) in [5.41, 5.74) is 1.89. The van der Waals surface area contributed by atoms with Gasteiger partial charge in [-0.2, -0.15) is 9.78 Å². The highest BCUT2D eigenvalue weighted by Crippen LogP contribution is 2.34. The monoisotopic (exact) mass is 593 g/mol. The van der Waals surface area contributed by atoms with E-state index in [0.29, 0.717) is 43.1 Å². The molecule has 1 heterocycles. The van der Waals surface area contributed by atoms with E-state index in [2.05, 4.69) is 21.0 Å². The number of fused-ring (bicyclic) bond motifs is 1. The van der Waals surface area contributed by atoms with E-state index in [1.54, 1.807) is 42.6 Å². The summed E-state index contributed by atoms with van der Waals surface area (Å²) >= 11 is 9.86. The molecular formula is C29H25BrClN3O4. The van der Waals surface area contributed by atoms with E-state index >= 15 is 0 Å². The summed E-state index contributed by atoms with van der Waals surface area (Å²) < 4.78 is 8.11. The van der Waals surface area contributed by atoms with Gasteiger partial charge in [-0.25, -0.2) is 9.78 Å². The number of aromatic nitrogens is 2. The minimum atomic E-state index is -1.00. The van der Waals surface area contributed by atoms with E-state index in [-0.39, 0.29) is 23.6 Å². The molecule has 0 atom stereocenters. The van der Waals surface area contributed by atoms with Crippen LogP contribution in [0.5, 0.6) is 5.75 Å². The van der Waals surface area contributed by atoms with Crippen LogP contribution in [0.25, 0.3) is 10.9 Å². The van der Waals surface area contributed by atoms with Crippen LogP contribution in [0.4, 0.5) is 0 Å². The van der Waals surface area contributed by atoms with Gasteiger partial charge in [-0.1, -0.05) is 55.1 Å². The minimum Gasteiger partial charge on any atom is -0.487 e. The first-order valence-corrected chi connectivity index (χ1v) is 13.6. The number of rotatable bonds is 7. The standard InChI is InChI=1S/C29H25BrClN3O4/c30-24-15-22(31)14-21(26(24)38-17-18-7-6-10-20(13-18)29(36)37)16-32-34-27(19-8-2-1-3-9-19)33-25-12-5-4-11-23(25)28(34)35/h4-7,10-16,19H,1-3,8-9,17H2,(H,36,37). The Morgan fingerprint density at radius 1 is 1.13 bits per heavy atom. The molecule has 7 nitrogen and oxygen atoms in total. The molecule has 5 rings (SSSR count). The van der Waals surface area contributed by atoms with E-state index in [0.717, 1.165) is 25.7 Å². The summed E-state index contributed by atoms with van der Waals surface area (Å²) in [6.07, 6.45) is 6.87. The molecule has 3 aromatic carbocycles. The van der Waals surface area contributed by atoms with E-state index in [1.165, 1.54) is 17.2 Å². The molecule has 1 N–H and O–H groups in total. The number of benzene rings is 3. The third-order valence-electron chi connectivity index (χ3n) is 6.66. The van der Waals surface area contributed by atoms with E-state index in [4.69, 9.17) is 21.3 Å². The largest absolute Gasteiger partial charge is 0.487 e. The average Bonchev–Trinajstić information content (AvgIpc) is 2.92. The molecule has 1 aliphatic carbocycles. The van der Waals surface area contributed by atoms with Crippen molar-refractivity contribution in [1.29, 1.82) is 0 Å². The number of carboxylic acid groups (broad SMARTS) is 1. The van der Waals surface area contributed by atoms with Crippen LogP contribution in [0.1, 0.15) is 65.3 Å². The summed E-state index contributed by atoms with van der Waals surface area (Å²) in [5, 5.41) is 14.9. The fourth-order valence-corrected chi connectivity index (χ4v) is 5.72. The number of aromatic carboxylic acids is 1. The van der Waals surface area contributed by atoms with Crippen molar-refractivity contribution in [3.63, 3.8) is 0 Å². The van der Waals surface area contributed by atoms with Gasteiger partial charge >= 0.3 is 5.97 Å². The topological polar surface area (TPSA) is 93.8 Å². The number of ether oxygens (including phenoxy) is 1. The van der Waals surface area contributed by atoms with Crippen molar-refractivity contribution < 1.29 is 14.6 Å². The van der Waals surface area contributed by atoms with Crippen molar-refractivity contribution in [3.05, 3.63) is 103 Å². The van der Waals surface area contributed by atoms with Crippen molar-refractivity contribution in [2.75, 3.05) is 0 Å². The number of nitrogens with zero attached hydrogens (tertiary/aromatic N) is 3. The molecule has 9 heteroatoms. The Labute approximate surface area is 232 Å². The van der Waals surface area contributed by atoms with Gasteiger partial charge in [0.2, 0.25) is 0 Å². The maximum atomic E-state index is 13.5. The molecule has 0 radical (unpaired) electrons. The highest BCUT2D eigenvalue weighted by atomic mass is 79.9. The molecule has 0 aliphatic heterocycles. The fourth-order valence-electron chi connectivity index (χ4n) is 4.78. The van der Waals surface area contributed by atoms with Crippen molar-refractivity contribution in [1.82, 2.24) is 9.66 Å². The molecule has 1 aromatic heterocycles. The van der Waals surface area contributed by atoms with Crippen LogP contribution in [0.15, 0.2) is 75.0 Å². The third kappa shape index (κ3) is 5.66. The first-order chi connectivity index (χ1) is 18.4. The molecule has 0 amide bonds. The van der Waals surface area contributed by atoms with Crippen LogP contribution in [0.3, 0.4) is 0 Å². The second kappa shape index (κ2) is 11.5. The Kier molecular flexibility index (Phi) is 7.90. The molecule has 0 spiro atoms. The van der Waals surface area contributed by atoms with Gasteiger partial charge in [-0.3, -0.25) is 4.79 Å². The fraction of sp³-hybridized carbons (Fsp3) is 0.241. The summed E-state index contributed by atoms with van der Waals surface area (Å²) in [5.74, 6) is 0.288. The Morgan fingerprint density at radius 3 is 2.71 bits per heavy atom. The van der Waals surface area contributed by atoms with Crippen LogP contribution >= 0.6 is 27.5 Å². The Balaban J connectivity index is 1.53. The van der Waals surface area contributed by atoms with Gasteiger partial charge in [0.05, 0.1) is 27.2 Å². The molecule has 1 saturated carbocycles. The SMILES string of the molecule is O=C(O)c1cccc(COc2c(Br)cc(Cl)cc2C=Nn2c(C3CCCCC3)nc3ccccc3c2=O)c1. The summed E-state index contributed by atoms with van der Waals surface area (Å²) in [7, 11) is 0. The zero-order chi connectivity index (χ0) is 26.6. The van der Waals surface area contributed by atoms with Gasteiger partial charge in [-0.15, -0.1) is 0 Å². The van der Waals surface area contributed by atoms with Crippen LogP contribution in [0, 0.1) is 0 Å². The summed E-state index contributed by atoms with van der Waals surface area (Å²) in [4.78, 5) is 29.7. The molecule has 0 unspecified atom stereocenters. The van der Waals surface area contributed by atoms with E-state index in [1.807, 2.05) is 18.2 Å². The van der Waals surface area contributed by atoms with Gasteiger partial charge in [0.1, 0.15) is 18.2 Å². The number of para-hydroxylation sites is 1. The first kappa shape index (κ1) is 26.1. The van der Waals surface area contributed by atoms with Crippen LogP contribution in [-0.2, 0) is 6.61 Å². The third-order valence-corrected chi connectivity index (χ3v) is 7.46. The number of hydrogen-bond acceptors (Lipinski definition) is 5. The Bertz CT molecular complexity index is 1600. The second-order valence-electron chi connectivity index (χ2n) is 9.28. The molecule has 1 fully saturated rings. The quantitative estimate of drug-likeness (QED) is 0.232. The Hall–Kier alpha value is -3.49. The predicted molar refractivity (Wildman–Crippen MR) is 152 cm³/mol. The van der Waals surface area contributed by atoms with E-state index < -0.39 is 5.97 Å². The number of hydrogen-bond donors (Lipinski definition) is 1. The molecule has 0 bridgehead atoms. The lowest BCUT2D eigenvalue weighted by atomic mass is 9.88. The normalized spacial score (nSPS) is 14.3. The second-order valence-corrected chi connectivity index (χ2v) is 10.6. The molecule has 38 heavy (non-hydrogen) atoms. The first-order valence-electron chi connectivity index (χ1n) is 12.4. The number of halogens is 2. The smallest absolute Gasteiger partial charge is 0.335 e. The zero-order valence-electron chi connectivity index (χ0n) is 20.4. The summed E-state index contributed by atoms with van der Waals surface area (Å²) in [6.45, 7) is 0.132. The summed E-state index contributed by atoms with van der Waals surface area (Å²) in [6, 6.07) is 17.3.